The maximum Gasteiger partial charge on any atom is 0.391 e. The van der Waals surface area contributed by atoms with E-state index in [1.165, 1.54) is 12.8 Å². The summed E-state index contributed by atoms with van der Waals surface area (Å²) in [5.74, 6) is 0.444. The number of nitrogens with zero attached hydrogens (tertiary/aromatic N) is 2. The van der Waals surface area contributed by atoms with Crippen LogP contribution in [0.3, 0.4) is 0 Å². The molecule has 3 nitrogen and oxygen atoms in total. The number of rotatable bonds is 3. The van der Waals surface area contributed by atoms with E-state index in [0.29, 0.717) is 24.1 Å². The molecular formula is C20H24F3N3. The van der Waals surface area contributed by atoms with Gasteiger partial charge in [-0.3, -0.25) is 0 Å². The number of anilines is 1. The number of benzene rings is 1. The van der Waals surface area contributed by atoms with E-state index >= 15 is 0 Å². The third-order valence-corrected chi connectivity index (χ3v) is 5.44. The average molecular weight is 363 g/mol. The fourth-order valence-corrected chi connectivity index (χ4v) is 4.21. The number of alkyl halides is 3. The third kappa shape index (κ3) is 4.32. The lowest BCUT2D eigenvalue weighted by Gasteiger charge is -2.27. The van der Waals surface area contributed by atoms with Gasteiger partial charge in [0.25, 0.3) is 0 Å². The van der Waals surface area contributed by atoms with E-state index in [-0.39, 0.29) is 5.70 Å². The molecule has 1 saturated carbocycles. The number of nitriles is 1. The van der Waals surface area contributed by atoms with Crippen molar-refractivity contribution in [2.45, 2.75) is 57.2 Å². The number of hydrogen-bond acceptors (Lipinski definition) is 3. The van der Waals surface area contributed by atoms with Crippen LogP contribution in [-0.4, -0.2) is 18.8 Å². The molecule has 1 aromatic carbocycles. The molecular weight excluding hydrogens is 339 g/mol. The molecule has 6 heteroatoms. The molecule has 0 spiro atoms. The third-order valence-electron chi connectivity index (χ3n) is 5.44. The van der Waals surface area contributed by atoms with E-state index in [9.17, 15) is 13.2 Å². The standard InChI is InChI=1S/C20H24F3N3/c21-20(22,23)12-17-6-3-9-26(17)16-7-8-18(19(25)13-24)15(11-16)10-14-4-1-2-5-14/h7-8,10-11,14,17H,1-6,9,12,25H2/b15-10-,19-18-/t17-/m1/s1. The van der Waals surface area contributed by atoms with Gasteiger partial charge in [-0.1, -0.05) is 18.9 Å². The van der Waals surface area contributed by atoms with Gasteiger partial charge in [-0.25, -0.2) is 0 Å². The van der Waals surface area contributed by atoms with Crippen LogP contribution in [0.25, 0.3) is 11.8 Å². The Kier molecular flexibility index (Phi) is 5.45. The first-order chi connectivity index (χ1) is 12.4. The summed E-state index contributed by atoms with van der Waals surface area (Å²) in [6, 6.07) is 6.95. The molecule has 0 radical (unpaired) electrons. The van der Waals surface area contributed by atoms with Gasteiger partial charge in [0.1, 0.15) is 11.8 Å². The van der Waals surface area contributed by atoms with E-state index in [2.05, 4.69) is 6.08 Å². The lowest BCUT2D eigenvalue weighted by Crippen LogP contribution is -2.36. The van der Waals surface area contributed by atoms with Gasteiger partial charge in [-0.15, -0.1) is 0 Å². The lowest BCUT2D eigenvalue weighted by molar-refractivity contribution is -0.137. The number of halogens is 3. The van der Waals surface area contributed by atoms with E-state index in [1.807, 2.05) is 17.0 Å². The van der Waals surface area contributed by atoms with Gasteiger partial charge in [-0.05, 0) is 55.0 Å². The van der Waals surface area contributed by atoms with Crippen LogP contribution < -0.4 is 21.1 Å². The molecule has 2 N–H and O–H groups in total. The van der Waals surface area contributed by atoms with Gasteiger partial charge >= 0.3 is 6.18 Å². The first-order valence-electron chi connectivity index (χ1n) is 9.22. The minimum atomic E-state index is -4.16. The molecule has 1 aliphatic carbocycles. The van der Waals surface area contributed by atoms with Crippen molar-refractivity contribution in [1.82, 2.24) is 0 Å². The SMILES string of the molecule is N#C/C(N)=c1\ccc(N2CCC[C@@H]2CC(F)(F)F)c\c1=C\C1CCCC1. The fraction of sp³-hybridized carbons (Fsp3) is 0.550. The molecule has 26 heavy (non-hydrogen) atoms. The Bertz CT molecular complexity index is 801. The first kappa shape index (κ1) is 18.6. The van der Waals surface area contributed by atoms with Crippen molar-refractivity contribution in [3.8, 4) is 6.07 Å². The van der Waals surface area contributed by atoms with Gasteiger partial charge in [-0.2, -0.15) is 18.4 Å². The highest BCUT2D eigenvalue weighted by Gasteiger charge is 2.37. The highest BCUT2D eigenvalue weighted by molar-refractivity contribution is 5.59. The molecule has 1 aromatic rings. The fourth-order valence-electron chi connectivity index (χ4n) is 4.21. The zero-order valence-electron chi connectivity index (χ0n) is 14.7. The molecule has 0 amide bonds. The van der Waals surface area contributed by atoms with Crippen LogP contribution in [0.15, 0.2) is 18.2 Å². The van der Waals surface area contributed by atoms with Crippen molar-refractivity contribution in [3.05, 3.63) is 28.6 Å². The van der Waals surface area contributed by atoms with Crippen LogP contribution in [0.4, 0.5) is 18.9 Å². The van der Waals surface area contributed by atoms with E-state index in [0.717, 1.165) is 30.2 Å². The summed E-state index contributed by atoms with van der Waals surface area (Å²) in [5, 5.41) is 10.7. The second-order valence-corrected chi connectivity index (χ2v) is 7.32. The van der Waals surface area contributed by atoms with Crippen molar-refractivity contribution in [3.63, 3.8) is 0 Å². The monoisotopic (exact) mass is 363 g/mol. The highest BCUT2D eigenvalue weighted by Crippen LogP contribution is 2.32. The second-order valence-electron chi connectivity index (χ2n) is 7.32. The van der Waals surface area contributed by atoms with Crippen molar-refractivity contribution >= 4 is 17.5 Å². The Balaban J connectivity index is 2.00. The Morgan fingerprint density at radius 3 is 2.62 bits per heavy atom. The summed E-state index contributed by atoms with van der Waals surface area (Å²) in [5.41, 5.74) is 6.79. The van der Waals surface area contributed by atoms with Crippen LogP contribution in [0.5, 0.6) is 0 Å². The van der Waals surface area contributed by atoms with Gasteiger partial charge in [0.05, 0.1) is 6.42 Å². The van der Waals surface area contributed by atoms with E-state index in [4.69, 9.17) is 11.0 Å². The van der Waals surface area contributed by atoms with Crippen molar-refractivity contribution in [1.29, 1.82) is 5.26 Å². The maximum absolute atomic E-state index is 12.9. The van der Waals surface area contributed by atoms with Crippen LogP contribution in [0, 0.1) is 17.2 Å². The van der Waals surface area contributed by atoms with Crippen molar-refractivity contribution in [2.75, 3.05) is 11.4 Å². The quantitative estimate of drug-likeness (QED) is 0.897. The van der Waals surface area contributed by atoms with Crippen molar-refractivity contribution < 1.29 is 13.2 Å². The average Bonchev–Trinajstić information content (AvgIpc) is 3.24. The molecule has 0 unspecified atom stereocenters. The van der Waals surface area contributed by atoms with Crippen LogP contribution >= 0.6 is 0 Å². The Morgan fingerprint density at radius 1 is 1.23 bits per heavy atom. The smallest absolute Gasteiger partial charge is 0.390 e. The molecule has 2 fully saturated rings. The molecule has 140 valence electrons. The summed E-state index contributed by atoms with van der Waals surface area (Å²) >= 11 is 0. The molecule has 1 aliphatic heterocycles. The summed E-state index contributed by atoms with van der Waals surface area (Å²) in [7, 11) is 0. The van der Waals surface area contributed by atoms with Crippen LogP contribution in [0.1, 0.15) is 44.9 Å². The number of nitrogens with two attached hydrogens (primary N) is 1. The molecule has 1 saturated heterocycles. The molecule has 2 aliphatic rings. The Labute approximate surface area is 151 Å². The van der Waals surface area contributed by atoms with Gasteiger partial charge < -0.3 is 10.6 Å². The van der Waals surface area contributed by atoms with Gasteiger partial charge in [0.2, 0.25) is 0 Å². The summed E-state index contributed by atoms with van der Waals surface area (Å²) in [6.45, 7) is 0.625. The number of hydrogen-bond donors (Lipinski definition) is 1. The van der Waals surface area contributed by atoms with Gasteiger partial charge in [0.15, 0.2) is 0 Å². The molecule has 1 heterocycles. The molecule has 0 bridgehead atoms. The minimum Gasteiger partial charge on any atom is -0.390 e. The van der Waals surface area contributed by atoms with Gasteiger partial charge in [0, 0.05) is 23.5 Å². The summed E-state index contributed by atoms with van der Waals surface area (Å²) < 4.78 is 38.6. The molecule has 1 atom stereocenters. The normalized spacial score (nSPS) is 23.4. The topological polar surface area (TPSA) is 53.1 Å². The van der Waals surface area contributed by atoms with Crippen molar-refractivity contribution in [2.24, 2.45) is 11.7 Å². The zero-order chi connectivity index (χ0) is 18.7. The predicted octanol–water partition coefficient (Wildman–Crippen LogP) is 3.17. The largest absolute Gasteiger partial charge is 0.391 e. The summed E-state index contributed by atoms with van der Waals surface area (Å²) in [4.78, 5) is 1.85. The van der Waals surface area contributed by atoms with Crippen LogP contribution in [0.2, 0.25) is 0 Å². The lowest BCUT2D eigenvalue weighted by atomic mass is 10.0. The Morgan fingerprint density at radius 2 is 1.96 bits per heavy atom. The van der Waals surface area contributed by atoms with E-state index in [1.54, 1.807) is 12.1 Å². The second kappa shape index (κ2) is 7.61. The predicted molar refractivity (Wildman–Crippen MR) is 96.4 cm³/mol. The molecule has 0 aromatic heterocycles. The van der Waals surface area contributed by atoms with Crippen LogP contribution in [-0.2, 0) is 0 Å². The van der Waals surface area contributed by atoms with E-state index < -0.39 is 18.6 Å². The molecule has 3 rings (SSSR count). The zero-order valence-corrected chi connectivity index (χ0v) is 14.7. The highest BCUT2D eigenvalue weighted by atomic mass is 19.4. The Hall–Kier alpha value is -2.16. The maximum atomic E-state index is 12.9. The minimum absolute atomic E-state index is 0.147. The summed E-state index contributed by atoms with van der Waals surface area (Å²) in [6.07, 6.45) is 3.10. The first-order valence-corrected chi connectivity index (χ1v) is 9.22.